The molecular formula is C31H30N4O3. The van der Waals surface area contributed by atoms with E-state index in [0.717, 1.165) is 41.8 Å². The third-order valence-corrected chi connectivity index (χ3v) is 7.62. The fourth-order valence-corrected chi connectivity index (χ4v) is 5.60. The molecule has 2 aliphatic rings. The molecule has 0 aliphatic carbocycles. The molecule has 192 valence electrons. The summed E-state index contributed by atoms with van der Waals surface area (Å²) in [5.74, 6) is -1.20. The Balaban J connectivity index is 1.50. The van der Waals surface area contributed by atoms with Crippen molar-refractivity contribution in [1.82, 2.24) is 9.47 Å². The van der Waals surface area contributed by atoms with Crippen LogP contribution in [0.3, 0.4) is 0 Å². The van der Waals surface area contributed by atoms with Gasteiger partial charge in [-0.3, -0.25) is 9.69 Å². The molecule has 2 N–H and O–H groups in total. The number of amides is 1. The number of anilines is 2. The summed E-state index contributed by atoms with van der Waals surface area (Å²) in [6.45, 7) is 3.13. The number of rotatable bonds is 6. The van der Waals surface area contributed by atoms with Gasteiger partial charge in [0, 0.05) is 49.0 Å². The molecule has 7 heteroatoms. The molecule has 0 radical (unpaired) electrons. The maximum atomic E-state index is 13.7. The Hall–Kier alpha value is -4.36. The lowest BCUT2D eigenvalue weighted by Crippen LogP contribution is -2.21. The molecule has 1 aromatic heterocycles. The molecule has 0 spiro atoms. The van der Waals surface area contributed by atoms with E-state index in [4.69, 9.17) is 0 Å². The third-order valence-electron chi connectivity index (χ3n) is 7.62. The monoisotopic (exact) mass is 506 g/mol. The number of carboxylic acid groups (broad SMARTS) is 1. The van der Waals surface area contributed by atoms with Gasteiger partial charge in [0.1, 0.15) is 0 Å². The second-order valence-electron chi connectivity index (χ2n) is 10.2. The fraction of sp³-hybridized carbons (Fsp3) is 0.226. The SMILES string of the molecule is CN1C(=O)C(=C(Nc2cccc(CN3CCCC3)c2)c2ccc3c(ccn3C)c2)c2cc(C(=O)O)ccc21. The van der Waals surface area contributed by atoms with Crippen molar-refractivity contribution in [2.45, 2.75) is 19.4 Å². The van der Waals surface area contributed by atoms with Gasteiger partial charge >= 0.3 is 5.97 Å². The molecule has 0 unspecified atom stereocenters. The van der Waals surface area contributed by atoms with Crippen molar-refractivity contribution in [2.24, 2.45) is 7.05 Å². The van der Waals surface area contributed by atoms with Crippen LogP contribution in [0, 0.1) is 0 Å². The predicted octanol–water partition coefficient (Wildman–Crippen LogP) is 5.43. The van der Waals surface area contributed by atoms with Crippen molar-refractivity contribution in [1.29, 1.82) is 0 Å². The zero-order valence-corrected chi connectivity index (χ0v) is 21.6. The van der Waals surface area contributed by atoms with Gasteiger partial charge in [0.05, 0.1) is 22.5 Å². The molecule has 1 saturated heterocycles. The first kappa shape index (κ1) is 24.0. The highest BCUT2D eigenvalue weighted by Gasteiger charge is 2.34. The minimum Gasteiger partial charge on any atom is -0.478 e. The Morgan fingerprint density at radius 1 is 0.947 bits per heavy atom. The van der Waals surface area contributed by atoms with Gasteiger partial charge in [-0.15, -0.1) is 0 Å². The summed E-state index contributed by atoms with van der Waals surface area (Å²) in [7, 11) is 3.73. The number of nitrogens with zero attached hydrogens (tertiary/aromatic N) is 3. The first-order chi connectivity index (χ1) is 18.4. The van der Waals surface area contributed by atoms with Crippen LogP contribution in [0.1, 0.15) is 39.9 Å². The lowest BCUT2D eigenvalue weighted by atomic mass is 9.97. The molecule has 0 bridgehead atoms. The largest absolute Gasteiger partial charge is 0.478 e. The van der Waals surface area contributed by atoms with Crippen LogP contribution in [0.4, 0.5) is 11.4 Å². The number of likely N-dealkylation sites (N-methyl/N-ethyl adjacent to an activating group) is 1. The second-order valence-corrected chi connectivity index (χ2v) is 10.2. The van der Waals surface area contributed by atoms with Gasteiger partial charge in [0.25, 0.3) is 5.91 Å². The lowest BCUT2D eigenvalue weighted by molar-refractivity contribution is -0.112. The van der Waals surface area contributed by atoms with Gasteiger partial charge in [-0.05, 0) is 85.6 Å². The highest BCUT2D eigenvalue weighted by Crippen LogP contribution is 2.41. The van der Waals surface area contributed by atoms with E-state index in [0.29, 0.717) is 22.5 Å². The molecule has 0 atom stereocenters. The van der Waals surface area contributed by atoms with E-state index < -0.39 is 5.97 Å². The number of fused-ring (bicyclic) bond motifs is 2. The molecule has 7 nitrogen and oxygen atoms in total. The molecule has 1 amide bonds. The molecule has 3 heterocycles. The van der Waals surface area contributed by atoms with E-state index in [1.807, 2.05) is 31.4 Å². The molecular weight excluding hydrogens is 476 g/mol. The minimum atomic E-state index is -1.02. The zero-order chi connectivity index (χ0) is 26.4. The molecule has 2 aliphatic heterocycles. The van der Waals surface area contributed by atoms with Crippen molar-refractivity contribution in [3.63, 3.8) is 0 Å². The van der Waals surface area contributed by atoms with Crippen LogP contribution in [0.25, 0.3) is 22.2 Å². The number of carbonyl (C=O) groups is 2. The second kappa shape index (κ2) is 9.50. The number of benzene rings is 3. The van der Waals surface area contributed by atoms with Crippen molar-refractivity contribution in [3.05, 3.63) is 95.2 Å². The van der Waals surface area contributed by atoms with Crippen LogP contribution < -0.4 is 10.2 Å². The highest BCUT2D eigenvalue weighted by atomic mass is 16.4. The average Bonchev–Trinajstić information content (AvgIpc) is 3.62. The number of aryl methyl sites for hydroxylation is 1. The van der Waals surface area contributed by atoms with E-state index in [1.54, 1.807) is 30.1 Å². The van der Waals surface area contributed by atoms with Gasteiger partial charge < -0.3 is 19.9 Å². The van der Waals surface area contributed by atoms with Gasteiger partial charge in [-0.1, -0.05) is 18.2 Å². The lowest BCUT2D eigenvalue weighted by Gasteiger charge is -2.18. The van der Waals surface area contributed by atoms with Gasteiger partial charge in [-0.25, -0.2) is 4.79 Å². The van der Waals surface area contributed by atoms with Gasteiger partial charge in [-0.2, -0.15) is 0 Å². The van der Waals surface area contributed by atoms with Crippen LogP contribution in [-0.4, -0.2) is 46.6 Å². The maximum Gasteiger partial charge on any atom is 0.335 e. The smallest absolute Gasteiger partial charge is 0.335 e. The van der Waals surface area contributed by atoms with Gasteiger partial charge in [0.2, 0.25) is 0 Å². The van der Waals surface area contributed by atoms with Crippen molar-refractivity contribution >= 4 is 45.4 Å². The average molecular weight is 507 g/mol. The Morgan fingerprint density at radius 2 is 1.74 bits per heavy atom. The van der Waals surface area contributed by atoms with Crippen molar-refractivity contribution < 1.29 is 14.7 Å². The van der Waals surface area contributed by atoms with Crippen LogP contribution in [0.5, 0.6) is 0 Å². The van der Waals surface area contributed by atoms with Crippen LogP contribution >= 0.6 is 0 Å². The summed E-state index contributed by atoms with van der Waals surface area (Å²) in [6, 6.07) is 21.3. The van der Waals surface area contributed by atoms with Crippen LogP contribution in [-0.2, 0) is 18.4 Å². The number of likely N-dealkylation sites (tertiary alicyclic amines) is 1. The van der Waals surface area contributed by atoms with Crippen molar-refractivity contribution in [3.8, 4) is 0 Å². The molecule has 38 heavy (non-hydrogen) atoms. The number of hydrogen-bond acceptors (Lipinski definition) is 4. The fourth-order valence-electron chi connectivity index (χ4n) is 5.60. The molecule has 1 fully saturated rings. The number of aromatic nitrogens is 1. The van der Waals surface area contributed by atoms with E-state index in [9.17, 15) is 14.7 Å². The number of hydrogen-bond donors (Lipinski definition) is 2. The minimum absolute atomic E-state index is 0.148. The van der Waals surface area contributed by atoms with E-state index in [1.165, 1.54) is 18.4 Å². The number of nitrogens with one attached hydrogen (secondary N) is 1. The number of carbonyl (C=O) groups excluding carboxylic acids is 1. The first-order valence-corrected chi connectivity index (χ1v) is 12.9. The summed E-state index contributed by atoms with van der Waals surface area (Å²) in [6.07, 6.45) is 4.49. The van der Waals surface area contributed by atoms with Crippen LogP contribution in [0.2, 0.25) is 0 Å². The Morgan fingerprint density at radius 3 is 2.53 bits per heavy atom. The Kier molecular flexibility index (Phi) is 6.00. The van der Waals surface area contributed by atoms with Crippen molar-refractivity contribution in [2.75, 3.05) is 30.4 Å². The maximum absolute atomic E-state index is 13.7. The Bertz CT molecular complexity index is 1610. The molecule has 6 rings (SSSR count). The summed E-state index contributed by atoms with van der Waals surface area (Å²) in [5, 5.41) is 14.3. The first-order valence-electron chi connectivity index (χ1n) is 12.9. The molecule has 4 aromatic rings. The normalized spacial score (nSPS) is 16.8. The molecule has 0 saturated carbocycles. The zero-order valence-electron chi connectivity index (χ0n) is 21.6. The summed E-state index contributed by atoms with van der Waals surface area (Å²) in [4.78, 5) is 29.5. The Labute approximate surface area is 221 Å². The third kappa shape index (κ3) is 4.25. The molecule has 3 aromatic carbocycles. The van der Waals surface area contributed by atoms with E-state index >= 15 is 0 Å². The standard InChI is InChI=1S/C31H30N4O3/c1-33-15-12-21-17-22(8-10-26(21)33)29(32-24-7-5-6-20(16-24)19-35-13-3-4-14-35)28-25-18-23(31(37)38)9-11-27(25)34(2)30(28)36/h5-12,15-18,32H,3-4,13-14,19H2,1-2H3,(H,37,38). The number of carboxylic acids is 1. The summed E-state index contributed by atoms with van der Waals surface area (Å²) in [5.41, 5.74) is 6.62. The highest BCUT2D eigenvalue weighted by molar-refractivity contribution is 6.38. The van der Waals surface area contributed by atoms with E-state index in [2.05, 4.69) is 45.1 Å². The summed E-state index contributed by atoms with van der Waals surface area (Å²) >= 11 is 0. The predicted molar refractivity (Wildman–Crippen MR) is 151 cm³/mol. The quantitative estimate of drug-likeness (QED) is 0.341. The van der Waals surface area contributed by atoms with E-state index in [-0.39, 0.29) is 11.5 Å². The summed E-state index contributed by atoms with van der Waals surface area (Å²) < 4.78 is 2.06. The van der Waals surface area contributed by atoms with Crippen LogP contribution in [0.15, 0.2) is 72.9 Å². The topological polar surface area (TPSA) is 77.8 Å². The van der Waals surface area contributed by atoms with Gasteiger partial charge in [0.15, 0.2) is 0 Å². The number of aromatic carboxylic acids is 1.